The Bertz CT molecular complexity index is 421. The van der Waals surface area contributed by atoms with Crippen LogP contribution in [0, 0.1) is 0 Å². The first-order valence-electron chi connectivity index (χ1n) is 5.18. The van der Waals surface area contributed by atoms with Gasteiger partial charge in [0, 0.05) is 12.8 Å². The van der Waals surface area contributed by atoms with Crippen molar-refractivity contribution in [3.05, 3.63) is 22.7 Å². The van der Waals surface area contributed by atoms with Crippen molar-refractivity contribution in [3.8, 4) is 0 Å². The van der Waals surface area contributed by atoms with Crippen molar-refractivity contribution in [2.75, 3.05) is 13.2 Å². The maximum atomic E-state index is 9.79. The predicted octanol–water partition coefficient (Wildman–Crippen LogP) is 1.16. The number of nitrogens with zero attached hydrogens (tertiary/aromatic N) is 2. The van der Waals surface area contributed by atoms with Gasteiger partial charge in [0.25, 0.3) is 0 Å². The summed E-state index contributed by atoms with van der Waals surface area (Å²) >= 11 is 5.77. The fourth-order valence-corrected chi connectivity index (χ4v) is 2.43. The molecule has 86 valence electrons. The van der Waals surface area contributed by atoms with Crippen molar-refractivity contribution < 1.29 is 14.6 Å². The SMILES string of the molecule is OC1OC2(CCCOC2)c2nc(Cl)ncc21. The van der Waals surface area contributed by atoms with E-state index in [0.29, 0.717) is 17.9 Å². The minimum Gasteiger partial charge on any atom is -0.378 e. The summed E-state index contributed by atoms with van der Waals surface area (Å²) in [4.78, 5) is 8.02. The number of hydrogen-bond acceptors (Lipinski definition) is 5. The second-order valence-electron chi connectivity index (χ2n) is 4.06. The monoisotopic (exact) mass is 242 g/mol. The lowest BCUT2D eigenvalue weighted by atomic mass is 9.92. The van der Waals surface area contributed by atoms with Crippen LogP contribution in [0.1, 0.15) is 30.4 Å². The molecule has 2 aliphatic rings. The lowest BCUT2D eigenvalue weighted by molar-refractivity contribution is -0.210. The van der Waals surface area contributed by atoms with Crippen LogP contribution in [0.25, 0.3) is 0 Å². The van der Waals surface area contributed by atoms with Gasteiger partial charge in [0.1, 0.15) is 5.60 Å². The van der Waals surface area contributed by atoms with Crippen molar-refractivity contribution in [3.63, 3.8) is 0 Å². The zero-order chi connectivity index (χ0) is 11.2. The first kappa shape index (κ1) is 10.4. The Kier molecular flexibility index (Phi) is 2.36. The van der Waals surface area contributed by atoms with Crippen LogP contribution in [0.3, 0.4) is 0 Å². The van der Waals surface area contributed by atoms with Gasteiger partial charge in [-0.25, -0.2) is 9.97 Å². The average molecular weight is 243 g/mol. The number of aromatic nitrogens is 2. The van der Waals surface area contributed by atoms with E-state index in [-0.39, 0.29) is 5.28 Å². The Labute approximate surface area is 97.4 Å². The van der Waals surface area contributed by atoms with Gasteiger partial charge in [0.2, 0.25) is 5.28 Å². The molecular formula is C10H11ClN2O3. The Balaban J connectivity index is 2.09. The van der Waals surface area contributed by atoms with E-state index in [1.165, 1.54) is 6.20 Å². The Morgan fingerprint density at radius 3 is 3.19 bits per heavy atom. The molecule has 1 aromatic rings. The van der Waals surface area contributed by atoms with Gasteiger partial charge in [0.15, 0.2) is 6.29 Å². The van der Waals surface area contributed by atoms with Crippen molar-refractivity contribution in [2.45, 2.75) is 24.7 Å². The van der Waals surface area contributed by atoms with E-state index in [9.17, 15) is 5.11 Å². The molecule has 3 rings (SSSR count). The third-order valence-corrected chi connectivity index (χ3v) is 3.21. The number of hydrogen-bond donors (Lipinski definition) is 1. The van der Waals surface area contributed by atoms with E-state index in [4.69, 9.17) is 21.1 Å². The lowest BCUT2D eigenvalue weighted by Gasteiger charge is -2.32. The molecule has 0 aliphatic carbocycles. The summed E-state index contributed by atoms with van der Waals surface area (Å²) < 4.78 is 11.0. The summed E-state index contributed by atoms with van der Waals surface area (Å²) in [7, 11) is 0. The van der Waals surface area contributed by atoms with Crippen molar-refractivity contribution in [1.29, 1.82) is 0 Å². The highest BCUT2D eigenvalue weighted by atomic mass is 35.5. The molecule has 2 atom stereocenters. The molecule has 1 saturated heterocycles. The smallest absolute Gasteiger partial charge is 0.222 e. The standard InChI is InChI=1S/C10H11ClN2O3/c11-9-12-4-6-7(13-9)10(16-8(6)14)2-1-3-15-5-10/h4,8,14H,1-3,5H2. The molecular weight excluding hydrogens is 232 g/mol. The van der Waals surface area contributed by atoms with Crippen LogP contribution in [0.15, 0.2) is 6.20 Å². The van der Waals surface area contributed by atoms with Crippen LogP contribution in [-0.2, 0) is 15.1 Å². The maximum absolute atomic E-state index is 9.79. The van der Waals surface area contributed by atoms with Crippen LogP contribution < -0.4 is 0 Å². The molecule has 5 nitrogen and oxygen atoms in total. The second-order valence-corrected chi connectivity index (χ2v) is 4.40. The maximum Gasteiger partial charge on any atom is 0.222 e. The molecule has 1 fully saturated rings. The zero-order valence-corrected chi connectivity index (χ0v) is 9.28. The van der Waals surface area contributed by atoms with E-state index in [1.807, 2.05) is 0 Å². The number of fused-ring (bicyclic) bond motifs is 2. The van der Waals surface area contributed by atoms with Gasteiger partial charge in [-0.15, -0.1) is 0 Å². The second kappa shape index (κ2) is 3.63. The van der Waals surface area contributed by atoms with Crippen LogP contribution in [-0.4, -0.2) is 28.3 Å². The molecule has 0 bridgehead atoms. The van der Waals surface area contributed by atoms with Crippen LogP contribution in [0.5, 0.6) is 0 Å². The average Bonchev–Trinajstić information content (AvgIpc) is 2.53. The highest BCUT2D eigenvalue weighted by Crippen LogP contribution is 2.45. The van der Waals surface area contributed by atoms with Gasteiger partial charge in [0.05, 0.1) is 17.9 Å². The summed E-state index contributed by atoms with van der Waals surface area (Å²) in [5, 5.41) is 9.96. The van der Waals surface area contributed by atoms with Gasteiger partial charge in [-0.1, -0.05) is 0 Å². The Hall–Kier alpha value is -0.750. The number of aliphatic hydroxyl groups is 1. The fourth-order valence-electron chi connectivity index (χ4n) is 2.30. The summed E-state index contributed by atoms with van der Waals surface area (Å²) in [6.07, 6.45) is 2.20. The first-order chi connectivity index (χ1) is 7.71. The Morgan fingerprint density at radius 2 is 2.44 bits per heavy atom. The highest BCUT2D eigenvalue weighted by Gasteiger charge is 2.47. The van der Waals surface area contributed by atoms with Crippen molar-refractivity contribution in [2.24, 2.45) is 0 Å². The van der Waals surface area contributed by atoms with E-state index in [2.05, 4.69) is 9.97 Å². The normalized spacial score (nSPS) is 33.0. The van der Waals surface area contributed by atoms with Crippen molar-refractivity contribution >= 4 is 11.6 Å². The molecule has 2 aliphatic heterocycles. The molecule has 16 heavy (non-hydrogen) atoms. The first-order valence-corrected chi connectivity index (χ1v) is 5.56. The Morgan fingerprint density at radius 1 is 1.56 bits per heavy atom. The molecule has 0 saturated carbocycles. The topological polar surface area (TPSA) is 64.5 Å². The summed E-state index contributed by atoms with van der Waals surface area (Å²) in [6, 6.07) is 0. The van der Waals surface area contributed by atoms with E-state index in [1.54, 1.807) is 0 Å². The molecule has 1 N–H and O–H groups in total. The zero-order valence-electron chi connectivity index (χ0n) is 8.52. The van der Waals surface area contributed by atoms with Gasteiger partial charge < -0.3 is 14.6 Å². The molecule has 0 amide bonds. The van der Waals surface area contributed by atoms with E-state index in [0.717, 1.165) is 19.4 Å². The molecule has 0 radical (unpaired) electrons. The molecule has 2 unspecified atom stereocenters. The van der Waals surface area contributed by atoms with Crippen LogP contribution in [0.2, 0.25) is 5.28 Å². The lowest BCUT2D eigenvalue weighted by Crippen LogP contribution is -2.36. The quantitative estimate of drug-likeness (QED) is 0.692. The minimum atomic E-state index is -0.978. The third kappa shape index (κ3) is 1.43. The number of aliphatic hydroxyl groups excluding tert-OH is 1. The predicted molar refractivity (Wildman–Crippen MR) is 54.8 cm³/mol. The fraction of sp³-hybridized carbons (Fsp3) is 0.600. The van der Waals surface area contributed by atoms with Crippen molar-refractivity contribution in [1.82, 2.24) is 9.97 Å². The number of rotatable bonds is 0. The third-order valence-electron chi connectivity index (χ3n) is 3.03. The van der Waals surface area contributed by atoms with Crippen LogP contribution >= 0.6 is 11.6 Å². The van der Waals surface area contributed by atoms with E-state index >= 15 is 0 Å². The molecule has 1 aromatic heterocycles. The van der Waals surface area contributed by atoms with Gasteiger partial charge in [-0.05, 0) is 24.4 Å². The summed E-state index contributed by atoms with van der Waals surface area (Å²) in [6.45, 7) is 1.12. The largest absolute Gasteiger partial charge is 0.378 e. The molecule has 6 heteroatoms. The van der Waals surface area contributed by atoms with Crippen LogP contribution in [0.4, 0.5) is 0 Å². The summed E-state index contributed by atoms with van der Waals surface area (Å²) in [5.41, 5.74) is 0.620. The molecule has 1 spiro atoms. The van der Waals surface area contributed by atoms with Gasteiger partial charge >= 0.3 is 0 Å². The molecule has 0 aromatic carbocycles. The van der Waals surface area contributed by atoms with Gasteiger partial charge in [-0.3, -0.25) is 0 Å². The van der Waals surface area contributed by atoms with E-state index < -0.39 is 11.9 Å². The minimum absolute atomic E-state index is 0.168. The summed E-state index contributed by atoms with van der Waals surface area (Å²) in [5.74, 6) is 0. The highest BCUT2D eigenvalue weighted by molar-refractivity contribution is 6.28. The number of halogens is 1. The molecule has 3 heterocycles. The number of ether oxygens (including phenoxy) is 2. The van der Waals surface area contributed by atoms with Gasteiger partial charge in [-0.2, -0.15) is 0 Å².